The zero-order valence-corrected chi connectivity index (χ0v) is 9.63. The van der Waals surface area contributed by atoms with E-state index in [9.17, 15) is 0 Å². The van der Waals surface area contributed by atoms with Crippen LogP contribution in [0.3, 0.4) is 0 Å². The van der Waals surface area contributed by atoms with Gasteiger partial charge in [-0.3, -0.25) is 0 Å². The molecule has 0 heterocycles. The SMILES string of the molecule is Cc1ccc(N(C)CCN)c(Br)c1. The Kier molecular flexibility index (Phi) is 3.75. The standard InChI is InChI=1S/C10H15BrN2/c1-8-3-4-10(9(11)7-8)13(2)6-5-12/h3-4,7H,5-6,12H2,1-2H3. The van der Waals surface area contributed by atoms with Gasteiger partial charge in [0.1, 0.15) is 0 Å². The maximum atomic E-state index is 5.49. The van der Waals surface area contributed by atoms with Crippen LogP contribution in [-0.2, 0) is 0 Å². The van der Waals surface area contributed by atoms with E-state index in [1.165, 1.54) is 11.3 Å². The number of likely N-dealkylation sites (N-methyl/N-ethyl adjacent to an activating group) is 1. The van der Waals surface area contributed by atoms with Gasteiger partial charge in [0.05, 0.1) is 5.69 Å². The largest absolute Gasteiger partial charge is 0.372 e. The first-order valence-electron chi connectivity index (χ1n) is 4.32. The fourth-order valence-electron chi connectivity index (χ4n) is 1.24. The molecule has 0 saturated carbocycles. The van der Waals surface area contributed by atoms with Crippen molar-refractivity contribution in [2.45, 2.75) is 6.92 Å². The molecule has 1 rings (SSSR count). The molecule has 0 aliphatic carbocycles. The van der Waals surface area contributed by atoms with Gasteiger partial charge in [0, 0.05) is 24.6 Å². The van der Waals surface area contributed by atoms with E-state index in [2.05, 4.69) is 46.0 Å². The van der Waals surface area contributed by atoms with Crippen molar-refractivity contribution in [3.63, 3.8) is 0 Å². The van der Waals surface area contributed by atoms with E-state index in [0.717, 1.165) is 11.0 Å². The average Bonchev–Trinajstić information content (AvgIpc) is 2.04. The van der Waals surface area contributed by atoms with Crippen LogP contribution in [0.2, 0.25) is 0 Å². The minimum Gasteiger partial charge on any atom is -0.372 e. The Morgan fingerprint density at radius 3 is 2.69 bits per heavy atom. The number of hydrogen-bond donors (Lipinski definition) is 1. The molecule has 13 heavy (non-hydrogen) atoms. The van der Waals surface area contributed by atoms with Crippen LogP contribution in [0.4, 0.5) is 5.69 Å². The fraction of sp³-hybridized carbons (Fsp3) is 0.400. The summed E-state index contributed by atoms with van der Waals surface area (Å²) < 4.78 is 1.13. The third-order valence-electron chi connectivity index (χ3n) is 1.98. The van der Waals surface area contributed by atoms with E-state index < -0.39 is 0 Å². The molecule has 72 valence electrons. The highest BCUT2D eigenvalue weighted by atomic mass is 79.9. The van der Waals surface area contributed by atoms with Gasteiger partial charge in [0.15, 0.2) is 0 Å². The Bertz CT molecular complexity index is 286. The van der Waals surface area contributed by atoms with E-state index in [-0.39, 0.29) is 0 Å². The Labute approximate surface area is 87.9 Å². The zero-order valence-electron chi connectivity index (χ0n) is 8.05. The number of anilines is 1. The smallest absolute Gasteiger partial charge is 0.0508 e. The lowest BCUT2D eigenvalue weighted by molar-refractivity contribution is 0.883. The second kappa shape index (κ2) is 4.63. The van der Waals surface area contributed by atoms with Gasteiger partial charge in [-0.25, -0.2) is 0 Å². The minimum atomic E-state index is 0.677. The third kappa shape index (κ3) is 2.71. The number of aryl methyl sites for hydroxylation is 1. The molecule has 0 saturated heterocycles. The van der Waals surface area contributed by atoms with Gasteiger partial charge in [-0.05, 0) is 40.5 Å². The molecule has 0 fully saturated rings. The molecule has 0 spiro atoms. The summed E-state index contributed by atoms with van der Waals surface area (Å²) in [5.74, 6) is 0. The summed E-state index contributed by atoms with van der Waals surface area (Å²) in [6, 6.07) is 6.32. The van der Waals surface area contributed by atoms with Gasteiger partial charge >= 0.3 is 0 Å². The van der Waals surface area contributed by atoms with Crippen LogP contribution < -0.4 is 10.6 Å². The lowest BCUT2D eigenvalue weighted by atomic mass is 10.2. The van der Waals surface area contributed by atoms with Crippen molar-refractivity contribution in [3.05, 3.63) is 28.2 Å². The molecule has 2 nitrogen and oxygen atoms in total. The monoisotopic (exact) mass is 242 g/mol. The third-order valence-corrected chi connectivity index (χ3v) is 2.61. The van der Waals surface area contributed by atoms with E-state index in [1.807, 2.05) is 7.05 Å². The van der Waals surface area contributed by atoms with Crippen molar-refractivity contribution in [3.8, 4) is 0 Å². The van der Waals surface area contributed by atoms with Gasteiger partial charge in [-0.15, -0.1) is 0 Å². The summed E-state index contributed by atoms with van der Waals surface area (Å²) in [5, 5.41) is 0. The van der Waals surface area contributed by atoms with Gasteiger partial charge in [-0.2, -0.15) is 0 Å². The maximum Gasteiger partial charge on any atom is 0.0508 e. The van der Waals surface area contributed by atoms with Crippen LogP contribution >= 0.6 is 15.9 Å². The number of hydrogen-bond acceptors (Lipinski definition) is 2. The quantitative estimate of drug-likeness (QED) is 0.881. The van der Waals surface area contributed by atoms with Crippen molar-refractivity contribution < 1.29 is 0 Å². The number of halogens is 1. The predicted octanol–water partition coefficient (Wildman–Crippen LogP) is 2.15. The number of nitrogens with zero attached hydrogens (tertiary/aromatic N) is 1. The summed E-state index contributed by atoms with van der Waals surface area (Å²) in [7, 11) is 2.04. The Morgan fingerprint density at radius 2 is 2.15 bits per heavy atom. The Balaban J connectivity index is 2.88. The maximum absolute atomic E-state index is 5.49. The Hall–Kier alpha value is -0.540. The molecule has 0 unspecified atom stereocenters. The van der Waals surface area contributed by atoms with Crippen LogP contribution in [0.25, 0.3) is 0 Å². The molecule has 0 aliphatic rings. The van der Waals surface area contributed by atoms with E-state index in [0.29, 0.717) is 6.54 Å². The lowest BCUT2D eigenvalue weighted by Gasteiger charge is -2.19. The molecule has 0 atom stereocenters. The molecule has 0 bridgehead atoms. The molecule has 0 aromatic heterocycles. The van der Waals surface area contributed by atoms with Crippen LogP contribution in [0, 0.1) is 6.92 Å². The number of nitrogens with two attached hydrogens (primary N) is 1. The zero-order chi connectivity index (χ0) is 9.84. The molecular formula is C10H15BrN2. The molecule has 1 aromatic rings. The van der Waals surface area contributed by atoms with Crippen LogP contribution in [0.1, 0.15) is 5.56 Å². The molecule has 2 N–H and O–H groups in total. The summed E-state index contributed by atoms with van der Waals surface area (Å²) in [5.41, 5.74) is 7.94. The molecule has 3 heteroatoms. The fourth-order valence-corrected chi connectivity index (χ4v) is 2.03. The second-order valence-corrected chi connectivity index (χ2v) is 4.02. The number of rotatable bonds is 3. The van der Waals surface area contributed by atoms with Crippen molar-refractivity contribution in [1.29, 1.82) is 0 Å². The normalized spacial score (nSPS) is 10.2. The first-order chi connectivity index (χ1) is 6.15. The molecule has 0 aliphatic heterocycles. The Morgan fingerprint density at radius 1 is 1.46 bits per heavy atom. The highest BCUT2D eigenvalue weighted by molar-refractivity contribution is 9.10. The van der Waals surface area contributed by atoms with E-state index >= 15 is 0 Å². The van der Waals surface area contributed by atoms with Crippen LogP contribution in [0.5, 0.6) is 0 Å². The molecule has 0 amide bonds. The lowest BCUT2D eigenvalue weighted by Crippen LogP contribution is -2.25. The van der Waals surface area contributed by atoms with Crippen LogP contribution in [-0.4, -0.2) is 20.1 Å². The molecule has 0 radical (unpaired) electrons. The van der Waals surface area contributed by atoms with Gasteiger partial charge in [0.25, 0.3) is 0 Å². The summed E-state index contributed by atoms with van der Waals surface area (Å²) >= 11 is 3.54. The second-order valence-electron chi connectivity index (χ2n) is 3.17. The van der Waals surface area contributed by atoms with Gasteiger partial charge in [0.2, 0.25) is 0 Å². The van der Waals surface area contributed by atoms with E-state index in [4.69, 9.17) is 5.73 Å². The van der Waals surface area contributed by atoms with Crippen molar-refractivity contribution in [2.75, 3.05) is 25.0 Å². The first-order valence-corrected chi connectivity index (χ1v) is 5.12. The van der Waals surface area contributed by atoms with Crippen molar-refractivity contribution in [1.82, 2.24) is 0 Å². The van der Waals surface area contributed by atoms with Crippen molar-refractivity contribution >= 4 is 21.6 Å². The average molecular weight is 243 g/mol. The first kappa shape index (κ1) is 10.5. The highest BCUT2D eigenvalue weighted by Gasteiger charge is 2.03. The van der Waals surface area contributed by atoms with Crippen molar-refractivity contribution in [2.24, 2.45) is 5.73 Å². The van der Waals surface area contributed by atoms with E-state index in [1.54, 1.807) is 0 Å². The minimum absolute atomic E-state index is 0.677. The van der Waals surface area contributed by atoms with Gasteiger partial charge in [-0.1, -0.05) is 6.07 Å². The summed E-state index contributed by atoms with van der Waals surface area (Å²) in [6.07, 6.45) is 0. The van der Waals surface area contributed by atoms with Gasteiger partial charge < -0.3 is 10.6 Å². The summed E-state index contributed by atoms with van der Waals surface area (Å²) in [4.78, 5) is 2.14. The van der Waals surface area contributed by atoms with Crippen LogP contribution in [0.15, 0.2) is 22.7 Å². The topological polar surface area (TPSA) is 29.3 Å². The molecule has 1 aromatic carbocycles. The summed E-state index contributed by atoms with van der Waals surface area (Å²) in [6.45, 7) is 3.63. The highest BCUT2D eigenvalue weighted by Crippen LogP contribution is 2.25. The number of benzene rings is 1. The molecular weight excluding hydrogens is 228 g/mol. The predicted molar refractivity (Wildman–Crippen MR) is 61.2 cm³/mol.